The maximum Gasteiger partial charge on any atom is 0.156 e. The molecule has 0 amide bonds. The highest BCUT2D eigenvalue weighted by Gasteiger charge is 2.24. The lowest BCUT2D eigenvalue weighted by molar-refractivity contribution is 0.635. The van der Waals surface area contributed by atoms with Crippen molar-refractivity contribution in [1.82, 2.24) is 0 Å². The molecule has 0 rings (SSSR count). The Kier molecular flexibility index (Phi) is 9.63. The predicted molar refractivity (Wildman–Crippen MR) is 75.3 cm³/mol. The summed E-state index contributed by atoms with van der Waals surface area (Å²) in [5.74, 6) is 0. The summed E-state index contributed by atoms with van der Waals surface area (Å²) in [5.41, 5.74) is 0. The molecule has 90 valence electrons. The Morgan fingerprint density at radius 3 is 2.07 bits per heavy atom. The first kappa shape index (κ1) is 15.2. The van der Waals surface area contributed by atoms with E-state index in [4.69, 9.17) is 11.1 Å². The fourth-order valence-corrected chi connectivity index (χ4v) is 4.36. The first-order valence-electron chi connectivity index (χ1n) is 6.48. The molecule has 0 N–H and O–H groups in total. The van der Waals surface area contributed by atoms with Crippen LogP contribution < -0.4 is 0 Å². The molecule has 0 atom stereocenters. The fraction of sp³-hybridized carbons (Fsp3) is 0.846. The third kappa shape index (κ3) is 8.10. The summed E-state index contributed by atoms with van der Waals surface area (Å²) in [4.78, 5) is 0. The van der Waals surface area contributed by atoms with E-state index in [-0.39, 0.29) is 0 Å². The minimum absolute atomic E-state index is 1.18. The van der Waals surface area contributed by atoms with E-state index in [1.54, 1.807) is 0 Å². The van der Waals surface area contributed by atoms with Crippen LogP contribution in [0.4, 0.5) is 0 Å². The van der Waals surface area contributed by atoms with E-state index in [9.17, 15) is 0 Å². The van der Waals surface area contributed by atoms with Crippen molar-refractivity contribution in [3.63, 3.8) is 0 Å². The van der Waals surface area contributed by atoms with Crippen LogP contribution in [0.5, 0.6) is 0 Å². The average Bonchev–Trinajstić information content (AvgIpc) is 2.27. The summed E-state index contributed by atoms with van der Waals surface area (Å²) in [6.45, 7) is 8.25. The van der Waals surface area contributed by atoms with Crippen molar-refractivity contribution < 1.29 is 0 Å². The van der Waals surface area contributed by atoms with Crippen LogP contribution >= 0.6 is 11.1 Å². The Labute approximate surface area is 102 Å². The third-order valence-electron chi connectivity index (χ3n) is 3.30. The molecule has 0 aromatic carbocycles. The zero-order chi connectivity index (χ0) is 11.6. The lowest BCUT2D eigenvalue weighted by atomic mass is 10.1. The Hall–Kier alpha value is 0.247. The molecule has 0 nitrogen and oxygen atoms in total. The summed E-state index contributed by atoms with van der Waals surface area (Å²) >= 11 is 6.60. The molecule has 0 aliphatic heterocycles. The highest BCUT2D eigenvalue weighted by atomic mass is 35.6. The molecule has 0 heterocycles. The van der Waals surface area contributed by atoms with E-state index in [0.29, 0.717) is 0 Å². The second kappa shape index (κ2) is 9.47. The van der Waals surface area contributed by atoms with Crippen LogP contribution in [-0.2, 0) is 0 Å². The molecule has 0 aliphatic carbocycles. The minimum Gasteiger partial charge on any atom is -0.167 e. The van der Waals surface area contributed by atoms with Gasteiger partial charge in [0.05, 0.1) is 0 Å². The number of hydrogen-bond acceptors (Lipinski definition) is 0. The van der Waals surface area contributed by atoms with Gasteiger partial charge in [0.2, 0.25) is 0 Å². The number of hydrogen-bond donors (Lipinski definition) is 0. The monoisotopic (exact) mass is 246 g/mol. The number of halogens is 1. The van der Waals surface area contributed by atoms with Gasteiger partial charge in [-0.2, -0.15) is 11.1 Å². The number of rotatable bonds is 10. The van der Waals surface area contributed by atoms with Crippen molar-refractivity contribution in [2.24, 2.45) is 0 Å². The smallest absolute Gasteiger partial charge is 0.156 e. The molecule has 0 fully saturated rings. The molecule has 0 unspecified atom stereocenters. The summed E-state index contributed by atoms with van der Waals surface area (Å²) < 4.78 is 0. The van der Waals surface area contributed by atoms with Gasteiger partial charge in [0.25, 0.3) is 0 Å². The second-order valence-corrected chi connectivity index (χ2v) is 11.1. The van der Waals surface area contributed by atoms with Crippen LogP contribution in [0, 0.1) is 0 Å². The maximum atomic E-state index is 6.60. The van der Waals surface area contributed by atoms with E-state index in [1.165, 1.54) is 56.7 Å². The zero-order valence-corrected chi connectivity index (χ0v) is 12.3. The topological polar surface area (TPSA) is 0 Å². The van der Waals surface area contributed by atoms with Gasteiger partial charge in [-0.15, -0.1) is 6.58 Å². The molecule has 0 bridgehead atoms. The molecule has 0 radical (unpaired) electrons. The first-order chi connectivity index (χ1) is 7.18. The summed E-state index contributed by atoms with van der Waals surface area (Å²) in [5, 5.41) is 0. The van der Waals surface area contributed by atoms with Gasteiger partial charge in [-0.05, 0) is 31.0 Å². The van der Waals surface area contributed by atoms with Crippen molar-refractivity contribution in [2.75, 3.05) is 0 Å². The van der Waals surface area contributed by atoms with Crippen LogP contribution in [-0.4, -0.2) is 7.38 Å². The Balaban J connectivity index is 3.33. The summed E-state index contributed by atoms with van der Waals surface area (Å²) in [6.07, 6.45) is 9.98. The highest BCUT2D eigenvalue weighted by Crippen LogP contribution is 2.27. The van der Waals surface area contributed by atoms with Crippen molar-refractivity contribution in [3.05, 3.63) is 12.7 Å². The standard InChI is InChI=1S/C13H27ClSi/c1-4-7-8-9-10-11-12-13-15(14,5-2)6-3/h4H,1,5-13H2,2-3H3. The number of allylic oxidation sites excluding steroid dienone is 1. The van der Waals surface area contributed by atoms with E-state index in [1.807, 2.05) is 6.08 Å². The van der Waals surface area contributed by atoms with Crippen LogP contribution in [0.25, 0.3) is 0 Å². The molecule has 15 heavy (non-hydrogen) atoms. The fourth-order valence-electron chi connectivity index (χ4n) is 1.86. The molecular weight excluding hydrogens is 220 g/mol. The Morgan fingerprint density at radius 2 is 1.53 bits per heavy atom. The van der Waals surface area contributed by atoms with Gasteiger partial charge in [0.15, 0.2) is 7.38 Å². The SMILES string of the molecule is C=CCCCCCCC[Si](Cl)(CC)CC. The van der Waals surface area contributed by atoms with Crippen molar-refractivity contribution in [3.8, 4) is 0 Å². The normalized spacial score (nSPS) is 11.7. The molecule has 0 spiro atoms. The van der Waals surface area contributed by atoms with Gasteiger partial charge in [-0.3, -0.25) is 0 Å². The van der Waals surface area contributed by atoms with Crippen molar-refractivity contribution in [2.45, 2.75) is 70.5 Å². The maximum absolute atomic E-state index is 6.60. The van der Waals surface area contributed by atoms with E-state index < -0.39 is 7.38 Å². The quantitative estimate of drug-likeness (QED) is 0.200. The molecule has 0 aliphatic rings. The molecular formula is C13H27ClSi. The third-order valence-corrected chi connectivity index (χ3v) is 9.26. The first-order valence-corrected chi connectivity index (χ1v) is 10.1. The lowest BCUT2D eigenvalue weighted by Gasteiger charge is -2.20. The highest BCUT2D eigenvalue weighted by molar-refractivity contribution is 7.20. The summed E-state index contributed by atoms with van der Waals surface area (Å²) in [6, 6.07) is 3.80. The van der Waals surface area contributed by atoms with Gasteiger partial charge in [0.1, 0.15) is 0 Å². The van der Waals surface area contributed by atoms with Crippen LogP contribution in [0.1, 0.15) is 52.4 Å². The summed E-state index contributed by atoms with van der Waals surface area (Å²) in [7, 11) is -1.32. The van der Waals surface area contributed by atoms with Crippen LogP contribution in [0.15, 0.2) is 12.7 Å². The van der Waals surface area contributed by atoms with Gasteiger partial charge < -0.3 is 0 Å². The molecule has 0 aromatic heterocycles. The van der Waals surface area contributed by atoms with Crippen molar-refractivity contribution in [1.29, 1.82) is 0 Å². The van der Waals surface area contributed by atoms with Gasteiger partial charge in [-0.1, -0.05) is 45.6 Å². The predicted octanol–water partition coefficient (Wildman–Crippen LogP) is 5.74. The van der Waals surface area contributed by atoms with Gasteiger partial charge in [0, 0.05) is 0 Å². The zero-order valence-electron chi connectivity index (χ0n) is 10.5. The van der Waals surface area contributed by atoms with Crippen LogP contribution in [0.3, 0.4) is 0 Å². The largest absolute Gasteiger partial charge is 0.167 e. The average molecular weight is 247 g/mol. The minimum atomic E-state index is -1.32. The van der Waals surface area contributed by atoms with E-state index >= 15 is 0 Å². The van der Waals surface area contributed by atoms with E-state index in [2.05, 4.69) is 20.4 Å². The lowest BCUT2D eigenvalue weighted by Crippen LogP contribution is -2.23. The van der Waals surface area contributed by atoms with E-state index in [0.717, 1.165) is 0 Å². The van der Waals surface area contributed by atoms with Crippen molar-refractivity contribution >= 4 is 18.5 Å². The van der Waals surface area contributed by atoms with Gasteiger partial charge >= 0.3 is 0 Å². The molecule has 0 saturated carbocycles. The Morgan fingerprint density at radius 1 is 1.00 bits per heavy atom. The molecule has 2 heteroatoms. The molecule has 0 saturated heterocycles. The Bertz CT molecular complexity index is 153. The second-order valence-electron chi connectivity index (χ2n) is 4.45. The van der Waals surface area contributed by atoms with Crippen LogP contribution in [0.2, 0.25) is 18.1 Å². The van der Waals surface area contributed by atoms with Gasteiger partial charge in [-0.25, -0.2) is 0 Å². The molecule has 0 aromatic rings. The number of unbranched alkanes of at least 4 members (excludes halogenated alkanes) is 5.